The molecule has 3 rings (SSSR count). The second-order valence-electron chi connectivity index (χ2n) is 5.46. The van der Waals surface area contributed by atoms with Crippen LogP contribution in [0.1, 0.15) is 27.6 Å². The molecule has 1 aromatic heterocycles. The molecule has 0 fully saturated rings. The van der Waals surface area contributed by atoms with Crippen LogP contribution in [-0.4, -0.2) is 17.6 Å². The minimum Gasteiger partial charge on any atom is -0.387 e. The van der Waals surface area contributed by atoms with Gasteiger partial charge in [-0.1, -0.05) is 30.3 Å². The van der Waals surface area contributed by atoms with Crippen LogP contribution in [-0.2, 0) is 6.18 Å². The van der Waals surface area contributed by atoms with Gasteiger partial charge in [-0.25, -0.2) is 0 Å². The Morgan fingerprint density at radius 1 is 1.12 bits per heavy atom. The van der Waals surface area contributed by atoms with E-state index in [2.05, 4.69) is 5.32 Å². The highest BCUT2D eigenvalue weighted by molar-refractivity contribution is 7.17. The first-order valence-electron chi connectivity index (χ1n) is 7.46. The van der Waals surface area contributed by atoms with E-state index in [9.17, 15) is 23.1 Å². The number of hydrogen-bond acceptors (Lipinski definition) is 3. The lowest BCUT2D eigenvalue weighted by atomic mass is 10.1. The van der Waals surface area contributed by atoms with Crippen molar-refractivity contribution in [3.05, 3.63) is 70.6 Å². The summed E-state index contributed by atoms with van der Waals surface area (Å²) in [5, 5.41) is 15.3. The predicted molar refractivity (Wildman–Crippen MR) is 90.6 cm³/mol. The van der Waals surface area contributed by atoms with Crippen LogP contribution < -0.4 is 5.32 Å². The molecule has 0 spiro atoms. The molecule has 25 heavy (non-hydrogen) atoms. The van der Waals surface area contributed by atoms with Crippen LogP contribution in [0.4, 0.5) is 13.2 Å². The molecule has 1 amide bonds. The summed E-state index contributed by atoms with van der Waals surface area (Å²) >= 11 is 1.46. The Balaban J connectivity index is 1.75. The second-order valence-corrected chi connectivity index (χ2v) is 6.37. The molecule has 1 heterocycles. The summed E-state index contributed by atoms with van der Waals surface area (Å²) in [7, 11) is 0. The Morgan fingerprint density at radius 3 is 2.56 bits per heavy atom. The highest BCUT2D eigenvalue weighted by atomic mass is 32.1. The number of halogens is 3. The van der Waals surface area contributed by atoms with E-state index >= 15 is 0 Å². The van der Waals surface area contributed by atoms with Crippen molar-refractivity contribution in [2.24, 2.45) is 0 Å². The zero-order chi connectivity index (χ0) is 18.0. The molecule has 2 N–H and O–H groups in total. The number of alkyl halides is 3. The summed E-state index contributed by atoms with van der Waals surface area (Å²) in [6.45, 7) is -0.175. The minimum absolute atomic E-state index is 0.175. The van der Waals surface area contributed by atoms with Gasteiger partial charge in [0, 0.05) is 16.8 Å². The van der Waals surface area contributed by atoms with Crippen LogP contribution in [0.5, 0.6) is 0 Å². The number of aliphatic hydroxyl groups excluding tert-OH is 1. The van der Waals surface area contributed by atoms with Crippen molar-refractivity contribution >= 4 is 27.3 Å². The molecular weight excluding hydrogens is 351 g/mol. The molecule has 1 unspecified atom stereocenters. The Kier molecular flexibility index (Phi) is 4.78. The zero-order valence-electron chi connectivity index (χ0n) is 12.9. The summed E-state index contributed by atoms with van der Waals surface area (Å²) in [5.41, 5.74) is -0.814. The van der Waals surface area contributed by atoms with Gasteiger partial charge in [0.15, 0.2) is 0 Å². The van der Waals surface area contributed by atoms with E-state index in [0.29, 0.717) is 5.56 Å². The molecule has 2 aromatic carbocycles. The maximum atomic E-state index is 13.0. The lowest BCUT2D eigenvalue weighted by molar-refractivity contribution is -0.137. The number of rotatable bonds is 4. The predicted octanol–water partition coefficient (Wildman–Crippen LogP) is 4.38. The normalized spacial score (nSPS) is 13.0. The summed E-state index contributed by atoms with van der Waals surface area (Å²) in [6.07, 6.45) is -5.62. The first-order valence-corrected chi connectivity index (χ1v) is 8.34. The highest BCUT2D eigenvalue weighted by Gasteiger charge is 2.34. The molecular formula is C18H14F3NO2S. The summed E-state index contributed by atoms with van der Waals surface area (Å²) in [6, 6.07) is 12.1. The maximum Gasteiger partial charge on any atom is 0.417 e. The second kappa shape index (κ2) is 6.85. The van der Waals surface area contributed by atoms with Gasteiger partial charge in [-0.3, -0.25) is 4.79 Å². The first-order chi connectivity index (χ1) is 11.9. The smallest absolute Gasteiger partial charge is 0.387 e. The molecule has 3 nitrogen and oxygen atoms in total. The largest absolute Gasteiger partial charge is 0.417 e. The zero-order valence-corrected chi connectivity index (χ0v) is 13.7. The minimum atomic E-state index is -4.61. The van der Waals surface area contributed by atoms with Crippen LogP contribution in [0.2, 0.25) is 0 Å². The Bertz CT molecular complexity index is 904. The van der Waals surface area contributed by atoms with E-state index in [1.807, 2.05) is 24.3 Å². The van der Waals surface area contributed by atoms with E-state index < -0.39 is 29.3 Å². The molecule has 0 aliphatic carbocycles. The molecule has 0 saturated carbocycles. The lowest BCUT2D eigenvalue weighted by Gasteiger charge is -2.15. The molecule has 0 radical (unpaired) electrons. The van der Waals surface area contributed by atoms with Crippen molar-refractivity contribution in [2.75, 3.05) is 6.54 Å². The first kappa shape index (κ1) is 17.4. The van der Waals surface area contributed by atoms with E-state index in [1.54, 1.807) is 5.38 Å². The van der Waals surface area contributed by atoms with Crippen LogP contribution in [0, 0.1) is 0 Å². The number of hydrogen-bond donors (Lipinski definition) is 2. The van der Waals surface area contributed by atoms with E-state index in [1.165, 1.54) is 23.5 Å². The molecule has 0 saturated heterocycles. The number of nitrogens with one attached hydrogen (secondary N) is 1. The Labute approximate surface area is 145 Å². The number of benzene rings is 2. The highest BCUT2D eigenvalue weighted by Crippen LogP contribution is 2.32. The molecule has 0 aliphatic heterocycles. The third-order valence-electron chi connectivity index (χ3n) is 3.80. The quantitative estimate of drug-likeness (QED) is 0.721. The van der Waals surface area contributed by atoms with Gasteiger partial charge < -0.3 is 10.4 Å². The van der Waals surface area contributed by atoms with E-state index in [0.717, 1.165) is 22.2 Å². The molecule has 3 aromatic rings. The number of carbonyl (C=O) groups is 1. The van der Waals surface area contributed by atoms with Gasteiger partial charge in [-0.2, -0.15) is 13.2 Å². The number of amides is 1. The molecule has 130 valence electrons. The summed E-state index contributed by atoms with van der Waals surface area (Å²) in [5.74, 6) is -0.869. The average molecular weight is 365 g/mol. The van der Waals surface area contributed by atoms with Gasteiger partial charge in [-0.05, 0) is 29.0 Å². The summed E-state index contributed by atoms with van der Waals surface area (Å²) < 4.78 is 39.9. The fraction of sp³-hybridized carbons (Fsp3) is 0.167. The maximum absolute atomic E-state index is 13.0. The number of thiophene rings is 1. The fourth-order valence-electron chi connectivity index (χ4n) is 2.58. The van der Waals surface area contributed by atoms with Gasteiger partial charge in [0.25, 0.3) is 5.91 Å². The number of carbonyl (C=O) groups excluding carboxylic acids is 1. The van der Waals surface area contributed by atoms with Gasteiger partial charge >= 0.3 is 6.18 Å². The number of fused-ring (bicyclic) bond motifs is 1. The van der Waals surface area contributed by atoms with Gasteiger partial charge in [0.1, 0.15) is 0 Å². The fourth-order valence-corrected chi connectivity index (χ4v) is 3.59. The molecule has 7 heteroatoms. The van der Waals surface area contributed by atoms with Crippen LogP contribution in [0.15, 0.2) is 53.9 Å². The molecule has 1 atom stereocenters. The van der Waals surface area contributed by atoms with Crippen molar-refractivity contribution < 1.29 is 23.1 Å². The van der Waals surface area contributed by atoms with Gasteiger partial charge in [-0.15, -0.1) is 11.3 Å². The van der Waals surface area contributed by atoms with E-state index in [4.69, 9.17) is 0 Å². The van der Waals surface area contributed by atoms with Crippen molar-refractivity contribution in [1.82, 2.24) is 5.32 Å². The van der Waals surface area contributed by atoms with Gasteiger partial charge in [0.05, 0.1) is 17.2 Å². The monoisotopic (exact) mass is 365 g/mol. The molecule has 0 aliphatic rings. The Hall–Kier alpha value is -2.38. The lowest BCUT2D eigenvalue weighted by Crippen LogP contribution is -2.30. The summed E-state index contributed by atoms with van der Waals surface area (Å²) in [4.78, 5) is 12.1. The third-order valence-corrected chi connectivity index (χ3v) is 4.78. The number of aliphatic hydroxyl groups is 1. The van der Waals surface area contributed by atoms with Crippen LogP contribution >= 0.6 is 11.3 Å². The van der Waals surface area contributed by atoms with Gasteiger partial charge in [0.2, 0.25) is 0 Å². The van der Waals surface area contributed by atoms with Crippen molar-refractivity contribution in [1.29, 1.82) is 0 Å². The van der Waals surface area contributed by atoms with E-state index in [-0.39, 0.29) is 6.54 Å². The average Bonchev–Trinajstić information content (AvgIpc) is 3.03. The molecule has 0 bridgehead atoms. The van der Waals surface area contributed by atoms with Crippen molar-refractivity contribution in [3.63, 3.8) is 0 Å². The Morgan fingerprint density at radius 2 is 1.80 bits per heavy atom. The third kappa shape index (κ3) is 3.67. The topological polar surface area (TPSA) is 49.3 Å². The van der Waals surface area contributed by atoms with Crippen LogP contribution in [0.3, 0.4) is 0 Å². The SMILES string of the molecule is O=C(NCC(O)c1csc2ccccc12)c1ccccc1C(F)(F)F. The standard InChI is InChI=1S/C18H14F3NO2S/c19-18(20,21)14-7-3-1-6-12(14)17(24)22-9-15(23)13-10-25-16-8-4-2-5-11(13)16/h1-8,10,15,23H,9H2,(H,22,24). The van der Waals surface area contributed by atoms with Crippen molar-refractivity contribution in [2.45, 2.75) is 12.3 Å². The van der Waals surface area contributed by atoms with Crippen molar-refractivity contribution in [3.8, 4) is 0 Å². The van der Waals surface area contributed by atoms with Crippen LogP contribution in [0.25, 0.3) is 10.1 Å².